The van der Waals surface area contributed by atoms with E-state index in [-0.39, 0.29) is 0 Å². The van der Waals surface area contributed by atoms with Crippen molar-refractivity contribution in [2.24, 2.45) is 0 Å². The normalized spacial score (nSPS) is 12.4. The zero-order valence-electron chi connectivity index (χ0n) is 9.61. The highest BCUT2D eigenvalue weighted by atomic mass is 32.2. The second-order valence-electron chi connectivity index (χ2n) is 4.54. The van der Waals surface area contributed by atoms with Gasteiger partial charge in [-0.1, -0.05) is 12.1 Å². The predicted octanol–water partition coefficient (Wildman–Crippen LogP) is 1.31. The second-order valence-corrected chi connectivity index (χ2v) is 5.96. The summed E-state index contributed by atoms with van der Waals surface area (Å²) in [6.07, 6.45) is 0. The molecule has 0 saturated heterocycles. The molecule has 1 aromatic rings. The maximum atomic E-state index is 11.7. The Morgan fingerprint density at radius 1 is 1.19 bits per heavy atom. The Kier molecular flexibility index (Phi) is 3.44. The topological polar surface area (TPSA) is 84.2 Å². The smallest absolute Gasteiger partial charge is 0.299 e. The number of hydrogen-bond donors (Lipinski definition) is 3. The first-order chi connectivity index (χ1) is 7.20. The first kappa shape index (κ1) is 12.8. The van der Waals surface area contributed by atoms with Gasteiger partial charge in [-0.25, -0.2) is 0 Å². The van der Waals surface area contributed by atoms with Crippen molar-refractivity contribution in [1.29, 1.82) is 0 Å². The molecular formula is C10H17N3O2S. The maximum Gasteiger partial charge on any atom is 0.299 e. The number of nitrogens with two attached hydrogens (primary N) is 1. The summed E-state index contributed by atoms with van der Waals surface area (Å²) in [6, 6.07) is 6.70. The largest absolute Gasteiger partial charge is 0.397 e. The Morgan fingerprint density at radius 3 is 2.25 bits per heavy atom. The van der Waals surface area contributed by atoms with Gasteiger partial charge in [-0.15, -0.1) is 0 Å². The van der Waals surface area contributed by atoms with Crippen molar-refractivity contribution < 1.29 is 8.42 Å². The molecule has 0 amide bonds. The number of rotatable bonds is 3. The van der Waals surface area contributed by atoms with Crippen molar-refractivity contribution in [3.63, 3.8) is 0 Å². The second kappa shape index (κ2) is 4.31. The highest BCUT2D eigenvalue weighted by Gasteiger charge is 2.20. The SMILES string of the molecule is CC(C)(C)NS(=O)(=O)Nc1ccccc1N. The maximum absolute atomic E-state index is 11.7. The van der Waals surface area contributed by atoms with Crippen LogP contribution in [0.4, 0.5) is 11.4 Å². The predicted molar refractivity (Wildman–Crippen MR) is 66.3 cm³/mol. The molecule has 4 N–H and O–H groups in total. The van der Waals surface area contributed by atoms with E-state index < -0.39 is 15.7 Å². The summed E-state index contributed by atoms with van der Waals surface area (Å²) >= 11 is 0. The van der Waals surface area contributed by atoms with Crippen LogP contribution in [0.3, 0.4) is 0 Å². The minimum Gasteiger partial charge on any atom is -0.397 e. The first-order valence-corrected chi connectivity index (χ1v) is 6.34. The van der Waals surface area contributed by atoms with Crippen LogP contribution in [0.15, 0.2) is 24.3 Å². The number of nitrogens with one attached hydrogen (secondary N) is 2. The van der Waals surface area contributed by atoms with Crippen molar-refractivity contribution in [1.82, 2.24) is 4.72 Å². The molecule has 1 rings (SSSR count). The van der Waals surface area contributed by atoms with E-state index in [4.69, 9.17) is 5.73 Å². The Bertz CT molecular complexity index is 463. The molecule has 0 atom stereocenters. The fourth-order valence-corrected chi connectivity index (χ4v) is 2.50. The molecule has 16 heavy (non-hydrogen) atoms. The van der Waals surface area contributed by atoms with E-state index in [1.165, 1.54) is 0 Å². The van der Waals surface area contributed by atoms with Gasteiger partial charge in [0, 0.05) is 5.54 Å². The molecule has 6 heteroatoms. The number of benzene rings is 1. The third kappa shape index (κ3) is 4.08. The van der Waals surface area contributed by atoms with Crippen LogP contribution in [-0.4, -0.2) is 14.0 Å². The standard InChI is InChI=1S/C10H17N3O2S/c1-10(2,3)13-16(14,15)12-9-7-5-4-6-8(9)11/h4-7,12-13H,11H2,1-3H3. The molecule has 0 heterocycles. The highest BCUT2D eigenvalue weighted by molar-refractivity contribution is 7.90. The summed E-state index contributed by atoms with van der Waals surface area (Å²) < 4.78 is 28.2. The summed E-state index contributed by atoms with van der Waals surface area (Å²) in [5, 5.41) is 0. The number of nitrogen functional groups attached to an aromatic ring is 1. The van der Waals surface area contributed by atoms with E-state index in [9.17, 15) is 8.42 Å². The van der Waals surface area contributed by atoms with Crippen molar-refractivity contribution in [3.8, 4) is 0 Å². The molecule has 0 spiro atoms. The lowest BCUT2D eigenvalue weighted by atomic mass is 10.1. The number of hydrogen-bond acceptors (Lipinski definition) is 3. The van der Waals surface area contributed by atoms with E-state index in [0.29, 0.717) is 11.4 Å². The van der Waals surface area contributed by atoms with Gasteiger partial charge in [0.1, 0.15) is 0 Å². The van der Waals surface area contributed by atoms with Crippen molar-refractivity contribution in [2.75, 3.05) is 10.5 Å². The molecule has 0 aliphatic heterocycles. The van der Waals surface area contributed by atoms with E-state index >= 15 is 0 Å². The third-order valence-electron chi connectivity index (χ3n) is 1.65. The summed E-state index contributed by atoms with van der Waals surface area (Å²) in [5.41, 5.74) is 5.87. The van der Waals surface area contributed by atoms with Crippen LogP contribution >= 0.6 is 0 Å². The molecule has 90 valence electrons. The Hall–Kier alpha value is -1.27. The van der Waals surface area contributed by atoms with E-state index in [1.807, 2.05) is 0 Å². The van der Waals surface area contributed by atoms with Gasteiger partial charge in [-0.3, -0.25) is 4.72 Å². The number of para-hydroxylation sites is 2. The fraction of sp³-hybridized carbons (Fsp3) is 0.400. The van der Waals surface area contributed by atoms with Crippen LogP contribution < -0.4 is 15.2 Å². The molecule has 0 fully saturated rings. The monoisotopic (exact) mass is 243 g/mol. The first-order valence-electron chi connectivity index (χ1n) is 4.86. The van der Waals surface area contributed by atoms with Gasteiger partial charge in [0.25, 0.3) is 10.2 Å². The van der Waals surface area contributed by atoms with Crippen LogP contribution in [0.1, 0.15) is 20.8 Å². The van der Waals surface area contributed by atoms with E-state index in [2.05, 4.69) is 9.44 Å². The van der Waals surface area contributed by atoms with Crippen molar-refractivity contribution >= 4 is 21.6 Å². The number of anilines is 2. The highest BCUT2D eigenvalue weighted by Crippen LogP contribution is 2.18. The van der Waals surface area contributed by atoms with Crippen LogP contribution in [0.2, 0.25) is 0 Å². The summed E-state index contributed by atoms with van der Waals surface area (Å²) in [5.74, 6) is 0. The van der Waals surface area contributed by atoms with E-state index in [1.54, 1.807) is 45.0 Å². The third-order valence-corrected chi connectivity index (χ3v) is 3.02. The molecular weight excluding hydrogens is 226 g/mol. The zero-order valence-corrected chi connectivity index (χ0v) is 10.4. The van der Waals surface area contributed by atoms with Crippen LogP contribution in [0.25, 0.3) is 0 Å². The minimum atomic E-state index is -3.59. The van der Waals surface area contributed by atoms with Gasteiger partial charge in [0.2, 0.25) is 0 Å². The van der Waals surface area contributed by atoms with Crippen LogP contribution in [0, 0.1) is 0 Å². The molecule has 0 aliphatic carbocycles. The van der Waals surface area contributed by atoms with Gasteiger partial charge in [0.15, 0.2) is 0 Å². The lowest BCUT2D eigenvalue weighted by Crippen LogP contribution is -2.43. The lowest BCUT2D eigenvalue weighted by Gasteiger charge is -2.21. The molecule has 0 aromatic heterocycles. The van der Waals surface area contributed by atoms with Gasteiger partial charge >= 0.3 is 0 Å². The quantitative estimate of drug-likeness (QED) is 0.700. The van der Waals surface area contributed by atoms with Gasteiger partial charge < -0.3 is 5.73 Å². The van der Waals surface area contributed by atoms with Crippen LogP contribution in [-0.2, 0) is 10.2 Å². The van der Waals surface area contributed by atoms with Crippen molar-refractivity contribution in [2.45, 2.75) is 26.3 Å². The lowest BCUT2D eigenvalue weighted by molar-refractivity contribution is 0.494. The molecule has 5 nitrogen and oxygen atoms in total. The van der Waals surface area contributed by atoms with Gasteiger partial charge in [-0.2, -0.15) is 13.1 Å². The summed E-state index contributed by atoms with van der Waals surface area (Å²) in [6.45, 7) is 5.29. The zero-order chi connectivity index (χ0) is 12.4. The van der Waals surface area contributed by atoms with Gasteiger partial charge in [-0.05, 0) is 32.9 Å². The Labute approximate surface area is 96.2 Å². The molecule has 0 unspecified atom stereocenters. The van der Waals surface area contributed by atoms with Gasteiger partial charge in [0.05, 0.1) is 11.4 Å². The minimum absolute atomic E-state index is 0.374. The van der Waals surface area contributed by atoms with Crippen molar-refractivity contribution in [3.05, 3.63) is 24.3 Å². The summed E-state index contributed by atoms with van der Waals surface area (Å²) in [7, 11) is -3.59. The summed E-state index contributed by atoms with van der Waals surface area (Å²) in [4.78, 5) is 0. The molecule has 0 aliphatic rings. The molecule has 0 radical (unpaired) electrons. The molecule has 1 aromatic carbocycles. The fourth-order valence-electron chi connectivity index (χ4n) is 1.16. The Morgan fingerprint density at radius 2 is 1.75 bits per heavy atom. The molecule has 0 saturated carbocycles. The van der Waals surface area contributed by atoms with E-state index in [0.717, 1.165) is 0 Å². The Balaban J connectivity index is 2.86. The van der Waals surface area contributed by atoms with Crippen LogP contribution in [0.5, 0.6) is 0 Å². The average Bonchev–Trinajstić information content (AvgIpc) is 2.04. The average molecular weight is 243 g/mol. The molecule has 0 bridgehead atoms.